The summed E-state index contributed by atoms with van der Waals surface area (Å²) < 4.78 is 10.9. The summed E-state index contributed by atoms with van der Waals surface area (Å²) in [6.45, 7) is 7.08. The Morgan fingerprint density at radius 1 is 1.45 bits per heavy atom. The molecule has 0 spiro atoms. The third-order valence-electron chi connectivity index (χ3n) is 3.01. The summed E-state index contributed by atoms with van der Waals surface area (Å²) >= 11 is 1.60. The first kappa shape index (κ1) is 15.2. The Bertz CT molecular complexity index is 548. The standard InChI is InChI=1S/C14H21N3O2S/c1-4-7-18-9-14(3,15)13-16-12(19-17-13)11-10(5-2)6-8-20-11/h6,8H,4-5,7,9,15H2,1-3H3. The van der Waals surface area contributed by atoms with Gasteiger partial charge in [0.1, 0.15) is 5.54 Å². The normalized spacial score (nSPS) is 14.4. The summed E-state index contributed by atoms with van der Waals surface area (Å²) in [5.74, 6) is 1.03. The average molecular weight is 295 g/mol. The molecule has 0 saturated carbocycles. The van der Waals surface area contributed by atoms with Crippen LogP contribution in [0.15, 0.2) is 16.0 Å². The van der Waals surface area contributed by atoms with Crippen LogP contribution in [0.25, 0.3) is 10.8 Å². The largest absolute Gasteiger partial charge is 0.379 e. The number of nitrogens with two attached hydrogens (primary N) is 1. The molecule has 0 aliphatic carbocycles. The molecule has 0 fully saturated rings. The highest BCUT2D eigenvalue weighted by Crippen LogP contribution is 2.29. The van der Waals surface area contributed by atoms with Crippen LogP contribution in [0.3, 0.4) is 0 Å². The van der Waals surface area contributed by atoms with E-state index >= 15 is 0 Å². The quantitative estimate of drug-likeness (QED) is 0.795. The molecule has 0 radical (unpaired) electrons. The van der Waals surface area contributed by atoms with Gasteiger partial charge in [0.05, 0.1) is 11.5 Å². The topological polar surface area (TPSA) is 74.2 Å². The Morgan fingerprint density at radius 3 is 2.95 bits per heavy atom. The van der Waals surface area contributed by atoms with E-state index in [1.807, 2.05) is 12.3 Å². The van der Waals surface area contributed by atoms with Crippen molar-refractivity contribution in [1.82, 2.24) is 10.1 Å². The molecule has 2 aromatic rings. The zero-order valence-electron chi connectivity index (χ0n) is 12.2. The first-order valence-electron chi connectivity index (χ1n) is 6.86. The summed E-state index contributed by atoms with van der Waals surface area (Å²) in [6.07, 6.45) is 1.90. The molecule has 2 heterocycles. The van der Waals surface area contributed by atoms with Gasteiger partial charge in [0.2, 0.25) is 0 Å². The SMILES string of the molecule is CCCOCC(C)(N)c1noc(-c2sccc2CC)n1. The van der Waals surface area contributed by atoms with E-state index < -0.39 is 5.54 Å². The molecule has 0 aromatic carbocycles. The zero-order chi connectivity index (χ0) is 14.6. The van der Waals surface area contributed by atoms with E-state index in [1.54, 1.807) is 11.3 Å². The van der Waals surface area contributed by atoms with E-state index in [9.17, 15) is 0 Å². The second kappa shape index (κ2) is 6.47. The van der Waals surface area contributed by atoms with Crippen LogP contribution in [0.4, 0.5) is 0 Å². The number of hydrogen-bond donors (Lipinski definition) is 1. The smallest absolute Gasteiger partial charge is 0.268 e. The molecule has 0 saturated heterocycles. The highest BCUT2D eigenvalue weighted by Gasteiger charge is 2.28. The van der Waals surface area contributed by atoms with E-state index in [1.165, 1.54) is 5.56 Å². The summed E-state index contributed by atoms with van der Waals surface area (Å²) in [4.78, 5) is 5.46. The summed E-state index contributed by atoms with van der Waals surface area (Å²) in [5, 5.41) is 6.05. The molecule has 1 atom stereocenters. The fourth-order valence-electron chi connectivity index (χ4n) is 1.84. The van der Waals surface area contributed by atoms with Crippen LogP contribution in [0.1, 0.15) is 38.6 Å². The van der Waals surface area contributed by atoms with Crippen molar-refractivity contribution in [2.75, 3.05) is 13.2 Å². The van der Waals surface area contributed by atoms with E-state index in [0.29, 0.717) is 24.9 Å². The minimum atomic E-state index is -0.736. The molecule has 110 valence electrons. The van der Waals surface area contributed by atoms with Crippen molar-refractivity contribution in [3.8, 4) is 10.8 Å². The van der Waals surface area contributed by atoms with Crippen LogP contribution in [0.5, 0.6) is 0 Å². The second-order valence-corrected chi connectivity index (χ2v) is 5.94. The van der Waals surface area contributed by atoms with Gasteiger partial charge in [-0.05, 0) is 36.8 Å². The lowest BCUT2D eigenvalue weighted by molar-refractivity contribution is 0.0867. The van der Waals surface area contributed by atoms with Gasteiger partial charge in [-0.1, -0.05) is 19.0 Å². The second-order valence-electron chi connectivity index (χ2n) is 5.02. The number of ether oxygens (including phenoxy) is 1. The molecular formula is C14H21N3O2S. The first-order chi connectivity index (χ1) is 9.58. The van der Waals surface area contributed by atoms with Crippen molar-refractivity contribution >= 4 is 11.3 Å². The molecule has 1 unspecified atom stereocenters. The summed E-state index contributed by atoms with van der Waals surface area (Å²) in [5.41, 5.74) is 6.69. The van der Waals surface area contributed by atoms with Gasteiger partial charge in [-0.2, -0.15) is 4.98 Å². The van der Waals surface area contributed by atoms with Gasteiger partial charge in [-0.25, -0.2) is 0 Å². The van der Waals surface area contributed by atoms with E-state index in [4.69, 9.17) is 15.0 Å². The van der Waals surface area contributed by atoms with Gasteiger partial charge in [-0.3, -0.25) is 0 Å². The van der Waals surface area contributed by atoms with Gasteiger partial charge in [0, 0.05) is 6.61 Å². The number of rotatable bonds is 7. The maximum Gasteiger partial charge on any atom is 0.268 e. The zero-order valence-corrected chi connectivity index (χ0v) is 13.0. The molecule has 0 amide bonds. The van der Waals surface area contributed by atoms with E-state index in [2.05, 4.69) is 30.1 Å². The summed E-state index contributed by atoms with van der Waals surface area (Å²) in [6, 6.07) is 2.08. The van der Waals surface area contributed by atoms with Crippen molar-refractivity contribution in [3.63, 3.8) is 0 Å². The molecule has 2 N–H and O–H groups in total. The minimum Gasteiger partial charge on any atom is -0.379 e. The number of hydrogen-bond acceptors (Lipinski definition) is 6. The van der Waals surface area contributed by atoms with Crippen molar-refractivity contribution in [2.45, 2.75) is 39.2 Å². The van der Waals surface area contributed by atoms with Crippen LogP contribution in [-0.4, -0.2) is 23.4 Å². The van der Waals surface area contributed by atoms with Crippen LogP contribution >= 0.6 is 11.3 Å². The maximum absolute atomic E-state index is 6.21. The lowest BCUT2D eigenvalue weighted by Crippen LogP contribution is -2.39. The Balaban J connectivity index is 2.16. The highest BCUT2D eigenvalue weighted by molar-refractivity contribution is 7.13. The van der Waals surface area contributed by atoms with Gasteiger partial charge in [0.15, 0.2) is 5.82 Å². The Hall–Kier alpha value is -1.24. The molecule has 20 heavy (non-hydrogen) atoms. The summed E-state index contributed by atoms with van der Waals surface area (Å²) in [7, 11) is 0. The molecule has 2 rings (SSSR count). The average Bonchev–Trinajstić information content (AvgIpc) is 3.07. The van der Waals surface area contributed by atoms with Crippen LogP contribution < -0.4 is 5.73 Å². The minimum absolute atomic E-state index is 0.380. The third kappa shape index (κ3) is 3.26. The molecule has 0 aliphatic heterocycles. The van der Waals surface area contributed by atoms with Crippen LogP contribution in [0, 0.1) is 0 Å². The maximum atomic E-state index is 6.21. The van der Waals surface area contributed by atoms with Crippen molar-refractivity contribution in [1.29, 1.82) is 0 Å². The lowest BCUT2D eigenvalue weighted by atomic mass is 10.1. The number of aromatic nitrogens is 2. The van der Waals surface area contributed by atoms with Crippen molar-refractivity contribution in [2.24, 2.45) is 5.73 Å². The van der Waals surface area contributed by atoms with Gasteiger partial charge in [-0.15, -0.1) is 11.3 Å². The molecular weight excluding hydrogens is 274 g/mol. The molecule has 2 aromatic heterocycles. The van der Waals surface area contributed by atoms with Crippen molar-refractivity contribution < 1.29 is 9.26 Å². The van der Waals surface area contributed by atoms with Crippen LogP contribution in [-0.2, 0) is 16.7 Å². The third-order valence-corrected chi connectivity index (χ3v) is 3.95. The van der Waals surface area contributed by atoms with Gasteiger partial charge < -0.3 is 15.0 Å². The number of aryl methyl sites for hydroxylation is 1. The van der Waals surface area contributed by atoms with Gasteiger partial charge >= 0.3 is 0 Å². The molecule has 6 heteroatoms. The van der Waals surface area contributed by atoms with Crippen LogP contribution in [0.2, 0.25) is 0 Å². The van der Waals surface area contributed by atoms with Gasteiger partial charge in [0.25, 0.3) is 5.89 Å². The van der Waals surface area contributed by atoms with Crippen molar-refractivity contribution in [3.05, 3.63) is 22.8 Å². The Morgan fingerprint density at radius 2 is 2.25 bits per heavy atom. The predicted molar refractivity (Wildman–Crippen MR) is 79.6 cm³/mol. The number of nitrogens with zero attached hydrogens (tertiary/aromatic N) is 2. The molecule has 0 aliphatic rings. The van der Waals surface area contributed by atoms with E-state index in [-0.39, 0.29) is 0 Å². The monoisotopic (exact) mass is 295 g/mol. The molecule has 0 bridgehead atoms. The lowest BCUT2D eigenvalue weighted by Gasteiger charge is -2.19. The number of thiophene rings is 1. The fourth-order valence-corrected chi connectivity index (χ4v) is 2.76. The fraction of sp³-hybridized carbons (Fsp3) is 0.571. The predicted octanol–water partition coefficient (Wildman–Crippen LogP) is 2.96. The molecule has 5 nitrogen and oxygen atoms in total. The van der Waals surface area contributed by atoms with E-state index in [0.717, 1.165) is 17.7 Å². The highest BCUT2D eigenvalue weighted by atomic mass is 32.1. The first-order valence-corrected chi connectivity index (χ1v) is 7.74. The Labute approximate surface area is 123 Å². The Kier molecular flexibility index (Phi) is 4.91.